The van der Waals surface area contributed by atoms with Gasteiger partial charge in [0.25, 0.3) is 0 Å². The highest BCUT2D eigenvalue weighted by atomic mass is 19.5. The average molecular weight is 252 g/mol. The minimum atomic E-state index is -6.00. The molecule has 17 heavy (non-hydrogen) atoms. The van der Waals surface area contributed by atoms with E-state index in [1.807, 2.05) is 12.3 Å². The Morgan fingerprint density at radius 3 is 2.41 bits per heavy atom. The van der Waals surface area contributed by atoms with E-state index in [1.54, 1.807) is 6.20 Å². The van der Waals surface area contributed by atoms with E-state index in [4.69, 9.17) is 5.73 Å². The van der Waals surface area contributed by atoms with Crippen LogP contribution in [0.15, 0.2) is 25.0 Å². The number of aromatic amines is 1. The summed E-state index contributed by atoms with van der Waals surface area (Å²) in [6.07, 6.45) is 7.40. The first-order valence-corrected chi connectivity index (χ1v) is 5.06. The number of hydrogen-bond donors (Lipinski definition) is 2. The quantitative estimate of drug-likeness (QED) is 0.481. The SMILES string of the molecule is C=CCC(CCN)c1ncc[nH]1.F[B-](F)(F)F. The Balaban J connectivity index is 0.000000437. The van der Waals surface area contributed by atoms with Crippen LogP contribution in [-0.4, -0.2) is 23.8 Å². The molecule has 0 aliphatic rings. The van der Waals surface area contributed by atoms with Crippen LogP contribution in [-0.2, 0) is 0 Å². The van der Waals surface area contributed by atoms with Crippen LogP contribution in [0.1, 0.15) is 24.6 Å². The van der Waals surface area contributed by atoms with Crippen LogP contribution in [0.3, 0.4) is 0 Å². The molecular formula is C9H15BF4N3-. The number of nitrogens with two attached hydrogens (primary N) is 1. The number of imidazole rings is 1. The molecule has 98 valence electrons. The summed E-state index contributed by atoms with van der Waals surface area (Å²) in [4.78, 5) is 7.29. The first kappa shape index (κ1) is 15.7. The van der Waals surface area contributed by atoms with Crippen molar-refractivity contribution in [2.75, 3.05) is 6.54 Å². The van der Waals surface area contributed by atoms with E-state index >= 15 is 0 Å². The standard InChI is InChI=1S/C9H15N3.BF4/c1-2-3-8(4-5-10)9-11-6-7-12-9;2-1(3,4)5/h2,6-8H,1,3-5,10H2,(H,11,12);/q;-1. The summed E-state index contributed by atoms with van der Waals surface area (Å²) in [5.74, 6) is 1.42. The van der Waals surface area contributed by atoms with Crippen LogP contribution < -0.4 is 5.73 Å². The number of aromatic nitrogens is 2. The Labute approximate surface area is 97.2 Å². The molecule has 0 spiro atoms. The zero-order chi connectivity index (χ0) is 13.3. The van der Waals surface area contributed by atoms with Crippen molar-refractivity contribution in [3.63, 3.8) is 0 Å². The molecule has 1 rings (SSSR count). The lowest BCUT2D eigenvalue weighted by Crippen LogP contribution is -2.08. The van der Waals surface area contributed by atoms with Crippen LogP contribution in [0.2, 0.25) is 0 Å². The molecule has 0 fully saturated rings. The highest BCUT2D eigenvalue weighted by Gasteiger charge is 2.20. The molecule has 1 atom stereocenters. The molecule has 0 aliphatic heterocycles. The van der Waals surface area contributed by atoms with Gasteiger partial charge in [0, 0.05) is 18.3 Å². The summed E-state index contributed by atoms with van der Waals surface area (Å²) in [6, 6.07) is 0. The van der Waals surface area contributed by atoms with Crippen molar-refractivity contribution in [1.29, 1.82) is 0 Å². The van der Waals surface area contributed by atoms with Gasteiger partial charge in [0.1, 0.15) is 5.82 Å². The van der Waals surface area contributed by atoms with Crippen LogP contribution >= 0.6 is 0 Å². The topological polar surface area (TPSA) is 54.7 Å². The third kappa shape index (κ3) is 9.61. The zero-order valence-corrected chi connectivity index (χ0v) is 9.25. The number of allylic oxidation sites excluding steroid dienone is 1. The van der Waals surface area contributed by atoms with E-state index in [1.165, 1.54) is 0 Å². The minimum absolute atomic E-state index is 0.405. The molecule has 1 unspecified atom stereocenters. The number of rotatable bonds is 5. The molecule has 1 heterocycles. The molecule has 0 bridgehead atoms. The van der Waals surface area contributed by atoms with Gasteiger partial charge in [-0.1, -0.05) is 6.08 Å². The van der Waals surface area contributed by atoms with Gasteiger partial charge < -0.3 is 28.0 Å². The van der Waals surface area contributed by atoms with E-state index in [0.717, 1.165) is 18.7 Å². The second-order valence-electron chi connectivity index (χ2n) is 3.27. The van der Waals surface area contributed by atoms with E-state index in [9.17, 15) is 17.3 Å². The molecule has 1 aromatic rings. The molecule has 3 N–H and O–H groups in total. The van der Waals surface area contributed by atoms with Gasteiger partial charge in [-0.05, 0) is 19.4 Å². The summed E-state index contributed by atoms with van der Waals surface area (Å²) in [7, 11) is -6.00. The Kier molecular flexibility index (Phi) is 7.28. The molecule has 0 saturated heterocycles. The van der Waals surface area contributed by atoms with Crippen molar-refractivity contribution in [2.45, 2.75) is 18.8 Å². The predicted octanol–water partition coefficient (Wildman–Crippen LogP) is 2.72. The van der Waals surface area contributed by atoms with Gasteiger partial charge >= 0.3 is 7.25 Å². The molecule has 3 nitrogen and oxygen atoms in total. The first-order chi connectivity index (χ1) is 7.88. The number of H-pyrrole nitrogens is 1. The summed E-state index contributed by atoms with van der Waals surface area (Å²) in [6.45, 7) is 4.40. The highest BCUT2D eigenvalue weighted by Crippen LogP contribution is 2.18. The number of nitrogens with one attached hydrogen (secondary N) is 1. The van der Waals surface area contributed by atoms with Crippen molar-refractivity contribution < 1.29 is 17.3 Å². The van der Waals surface area contributed by atoms with Gasteiger partial charge in [-0.15, -0.1) is 6.58 Å². The molecule has 0 aliphatic carbocycles. The molecule has 0 amide bonds. The van der Waals surface area contributed by atoms with E-state index in [0.29, 0.717) is 12.5 Å². The monoisotopic (exact) mass is 252 g/mol. The van der Waals surface area contributed by atoms with Gasteiger partial charge in [0.15, 0.2) is 0 Å². The van der Waals surface area contributed by atoms with Gasteiger partial charge in [0.2, 0.25) is 0 Å². The predicted molar refractivity (Wildman–Crippen MR) is 60.0 cm³/mol. The third-order valence-electron chi connectivity index (χ3n) is 1.87. The molecule has 0 aromatic carbocycles. The second-order valence-corrected chi connectivity index (χ2v) is 3.27. The maximum atomic E-state index is 9.75. The Morgan fingerprint density at radius 2 is 2.06 bits per heavy atom. The fourth-order valence-corrected chi connectivity index (χ4v) is 1.27. The summed E-state index contributed by atoms with van der Waals surface area (Å²) in [5, 5.41) is 0. The van der Waals surface area contributed by atoms with E-state index < -0.39 is 7.25 Å². The van der Waals surface area contributed by atoms with Crippen molar-refractivity contribution in [3.05, 3.63) is 30.9 Å². The van der Waals surface area contributed by atoms with Gasteiger partial charge in [-0.2, -0.15) is 0 Å². The van der Waals surface area contributed by atoms with E-state index in [2.05, 4.69) is 16.5 Å². The Hall–Kier alpha value is -1.31. The molecule has 1 aromatic heterocycles. The van der Waals surface area contributed by atoms with Crippen molar-refractivity contribution in [1.82, 2.24) is 9.97 Å². The largest absolute Gasteiger partial charge is 0.673 e. The van der Waals surface area contributed by atoms with Crippen molar-refractivity contribution >= 4 is 7.25 Å². The third-order valence-corrected chi connectivity index (χ3v) is 1.87. The van der Waals surface area contributed by atoms with Gasteiger partial charge in [-0.25, -0.2) is 4.98 Å². The maximum absolute atomic E-state index is 9.75. The lowest BCUT2D eigenvalue weighted by Gasteiger charge is -2.09. The Bertz CT molecular complexity index is 294. The van der Waals surface area contributed by atoms with Crippen LogP contribution in [0.5, 0.6) is 0 Å². The van der Waals surface area contributed by atoms with Crippen molar-refractivity contribution in [3.8, 4) is 0 Å². The lowest BCUT2D eigenvalue weighted by atomic mass is 10.0. The average Bonchev–Trinajstić information content (AvgIpc) is 2.67. The van der Waals surface area contributed by atoms with Crippen LogP contribution in [0.25, 0.3) is 0 Å². The first-order valence-electron chi connectivity index (χ1n) is 5.06. The smallest absolute Gasteiger partial charge is 0.418 e. The maximum Gasteiger partial charge on any atom is 0.673 e. The van der Waals surface area contributed by atoms with Crippen LogP contribution in [0.4, 0.5) is 17.3 Å². The number of halogens is 4. The van der Waals surface area contributed by atoms with Gasteiger partial charge in [0.05, 0.1) is 0 Å². The lowest BCUT2D eigenvalue weighted by molar-refractivity contribution is 0.368. The van der Waals surface area contributed by atoms with Gasteiger partial charge in [-0.3, -0.25) is 0 Å². The normalized spacial score (nSPS) is 12.5. The number of hydrogen-bond acceptors (Lipinski definition) is 2. The molecule has 8 heteroatoms. The second kappa shape index (κ2) is 7.89. The molecule has 0 saturated carbocycles. The molecule has 0 radical (unpaired) electrons. The van der Waals surface area contributed by atoms with Crippen LogP contribution in [0, 0.1) is 0 Å². The minimum Gasteiger partial charge on any atom is -0.418 e. The fourth-order valence-electron chi connectivity index (χ4n) is 1.27. The Morgan fingerprint density at radius 1 is 1.47 bits per heavy atom. The molecular weight excluding hydrogens is 237 g/mol. The summed E-state index contributed by atoms with van der Waals surface area (Å²) >= 11 is 0. The highest BCUT2D eigenvalue weighted by molar-refractivity contribution is 6.50. The van der Waals surface area contributed by atoms with Crippen molar-refractivity contribution in [2.24, 2.45) is 5.73 Å². The fraction of sp³-hybridized carbons (Fsp3) is 0.444. The number of nitrogens with zero attached hydrogens (tertiary/aromatic N) is 1. The summed E-state index contributed by atoms with van der Waals surface area (Å²) < 4.78 is 39.0. The summed E-state index contributed by atoms with van der Waals surface area (Å²) in [5.41, 5.74) is 5.49. The zero-order valence-electron chi connectivity index (χ0n) is 9.25. The van der Waals surface area contributed by atoms with E-state index in [-0.39, 0.29) is 0 Å².